The Morgan fingerprint density at radius 1 is 1.41 bits per heavy atom. The summed E-state index contributed by atoms with van der Waals surface area (Å²) in [5.41, 5.74) is 0.216. The number of fused-ring (bicyclic) bond motifs is 1. The molecular weight excluding hydrogens is 280 g/mol. The van der Waals surface area contributed by atoms with Crippen molar-refractivity contribution in [1.29, 1.82) is 0 Å². The lowest BCUT2D eigenvalue weighted by Crippen LogP contribution is -2.50. The lowest BCUT2D eigenvalue weighted by molar-refractivity contribution is 0.0165. The van der Waals surface area contributed by atoms with Crippen LogP contribution in [-0.2, 0) is 0 Å². The first-order valence-corrected chi connectivity index (χ1v) is 7.79. The van der Waals surface area contributed by atoms with E-state index in [1.807, 2.05) is 45.0 Å². The van der Waals surface area contributed by atoms with E-state index in [9.17, 15) is 9.90 Å². The Bertz CT molecular complexity index is 528. The van der Waals surface area contributed by atoms with Gasteiger partial charge in [0.05, 0.1) is 12.2 Å². The molecule has 0 aliphatic carbocycles. The molecule has 22 heavy (non-hydrogen) atoms. The van der Waals surface area contributed by atoms with Gasteiger partial charge in [0.15, 0.2) is 0 Å². The Kier molecular flexibility index (Phi) is 4.96. The van der Waals surface area contributed by atoms with E-state index in [0.717, 1.165) is 11.3 Å². The molecule has 5 nitrogen and oxygen atoms in total. The van der Waals surface area contributed by atoms with Gasteiger partial charge in [-0.05, 0) is 25.8 Å². The first-order chi connectivity index (χ1) is 10.3. The quantitative estimate of drug-likeness (QED) is 0.781. The Morgan fingerprint density at radius 2 is 2.09 bits per heavy atom. The van der Waals surface area contributed by atoms with Gasteiger partial charge in [0.2, 0.25) is 0 Å². The highest BCUT2D eigenvalue weighted by Gasteiger charge is 2.30. The van der Waals surface area contributed by atoms with Crippen LogP contribution in [0.25, 0.3) is 0 Å². The fraction of sp³-hybridized carbons (Fsp3) is 0.588. The monoisotopic (exact) mass is 306 g/mol. The second kappa shape index (κ2) is 6.57. The summed E-state index contributed by atoms with van der Waals surface area (Å²) in [4.78, 5) is 12.0. The minimum Gasteiger partial charge on any atom is -0.493 e. The van der Waals surface area contributed by atoms with Crippen molar-refractivity contribution >= 4 is 6.03 Å². The number of ether oxygens (including phenoxy) is 1. The van der Waals surface area contributed by atoms with E-state index in [-0.39, 0.29) is 30.5 Å². The van der Waals surface area contributed by atoms with Crippen LogP contribution in [0.5, 0.6) is 5.75 Å². The van der Waals surface area contributed by atoms with Gasteiger partial charge in [0, 0.05) is 24.1 Å². The van der Waals surface area contributed by atoms with Gasteiger partial charge < -0.3 is 20.5 Å². The SMILES string of the molecule is CC(NC(=O)NCC(C)(O)C(C)C)C1COc2ccccc21. The molecular formula is C17H26N2O3. The zero-order valence-corrected chi connectivity index (χ0v) is 13.7. The van der Waals surface area contributed by atoms with Gasteiger partial charge in [0.1, 0.15) is 5.75 Å². The molecule has 0 aromatic heterocycles. The number of rotatable bonds is 5. The van der Waals surface area contributed by atoms with Crippen LogP contribution >= 0.6 is 0 Å². The second-order valence-corrected chi connectivity index (χ2v) is 6.58. The molecule has 3 atom stereocenters. The molecule has 0 saturated carbocycles. The van der Waals surface area contributed by atoms with E-state index < -0.39 is 5.60 Å². The Balaban J connectivity index is 1.88. The van der Waals surface area contributed by atoms with Gasteiger partial charge >= 0.3 is 6.03 Å². The Morgan fingerprint density at radius 3 is 2.77 bits per heavy atom. The van der Waals surface area contributed by atoms with Crippen molar-refractivity contribution in [3.63, 3.8) is 0 Å². The van der Waals surface area contributed by atoms with Gasteiger partial charge in [0.25, 0.3) is 0 Å². The average molecular weight is 306 g/mol. The highest BCUT2D eigenvalue weighted by molar-refractivity contribution is 5.74. The molecule has 1 aromatic carbocycles. The summed E-state index contributed by atoms with van der Waals surface area (Å²) in [6.07, 6.45) is 0. The predicted molar refractivity (Wildman–Crippen MR) is 86.1 cm³/mol. The smallest absolute Gasteiger partial charge is 0.315 e. The summed E-state index contributed by atoms with van der Waals surface area (Å²) in [6, 6.07) is 7.59. The summed E-state index contributed by atoms with van der Waals surface area (Å²) in [6.45, 7) is 8.34. The van der Waals surface area contributed by atoms with E-state index in [1.54, 1.807) is 6.92 Å². The average Bonchev–Trinajstić information content (AvgIpc) is 2.89. The maximum atomic E-state index is 12.0. The zero-order chi connectivity index (χ0) is 16.3. The van der Waals surface area contributed by atoms with Crippen LogP contribution in [0.4, 0.5) is 4.79 Å². The first kappa shape index (κ1) is 16.6. The van der Waals surface area contributed by atoms with Gasteiger partial charge in [-0.2, -0.15) is 0 Å². The number of aliphatic hydroxyl groups is 1. The largest absolute Gasteiger partial charge is 0.493 e. The van der Waals surface area contributed by atoms with Crippen molar-refractivity contribution in [3.8, 4) is 5.75 Å². The molecule has 2 rings (SSSR count). The Labute approximate surface area is 132 Å². The van der Waals surface area contributed by atoms with Crippen molar-refractivity contribution < 1.29 is 14.6 Å². The number of hydrogen-bond acceptors (Lipinski definition) is 3. The number of amides is 2. The van der Waals surface area contributed by atoms with Crippen molar-refractivity contribution in [3.05, 3.63) is 29.8 Å². The van der Waals surface area contributed by atoms with Crippen LogP contribution in [0.2, 0.25) is 0 Å². The van der Waals surface area contributed by atoms with Crippen molar-refractivity contribution in [2.24, 2.45) is 5.92 Å². The first-order valence-electron chi connectivity index (χ1n) is 7.79. The van der Waals surface area contributed by atoms with Gasteiger partial charge in [-0.1, -0.05) is 32.0 Å². The molecule has 1 aliphatic rings. The van der Waals surface area contributed by atoms with Crippen molar-refractivity contribution in [2.45, 2.75) is 45.3 Å². The normalized spacial score (nSPS) is 20.7. The maximum absolute atomic E-state index is 12.0. The summed E-state index contributed by atoms with van der Waals surface area (Å²) in [5, 5.41) is 15.8. The number of carbonyl (C=O) groups is 1. The zero-order valence-electron chi connectivity index (χ0n) is 13.7. The molecule has 1 heterocycles. The second-order valence-electron chi connectivity index (χ2n) is 6.58. The molecule has 1 aliphatic heterocycles. The molecule has 0 bridgehead atoms. The van der Waals surface area contributed by atoms with Gasteiger partial charge in [-0.25, -0.2) is 4.79 Å². The number of benzene rings is 1. The van der Waals surface area contributed by atoms with Crippen LogP contribution < -0.4 is 15.4 Å². The van der Waals surface area contributed by atoms with E-state index in [2.05, 4.69) is 10.6 Å². The fourth-order valence-electron chi connectivity index (χ4n) is 2.42. The third kappa shape index (κ3) is 3.71. The highest BCUT2D eigenvalue weighted by atomic mass is 16.5. The van der Waals surface area contributed by atoms with Crippen LogP contribution in [0.15, 0.2) is 24.3 Å². The van der Waals surface area contributed by atoms with Crippen LogP contribution in [0.1, 0.15) is 39.2 Å². The molecule has 5 heteroatoms. The minimum atomic E-state index is -0.913. The molecule has 3 N–H and O–H groups in total. The summed E-state index contributed by atoms with van der Waals surface area (Å²) < 4.78 is 5.65. The molecule has 0 saturated heterocycles. The standard InChI is InChI=1S/C17H26N2O3/c1-11(2)17(4,21)10-18-16(20)19-12(3)14-9-22-15-8-6-5-7-13(14)15/h5-8,11-12,14,21H,9-10H2,1-4H3,(H2,18,19,20). The number of hydrogen-bond donors (Lipinski definition) is 3. The third-order valence-electron chi connectivity index (χ3n) is 4.55. The van der Waals surface area contributed by atoms with Gasteiger partial charge in [-0.3, -0.25) is 0 Å². The van der Waals surface area contributed by atoms with Gasteiger partial charge in [-0.15, -0.1) is 0 Å². The van der Waals surface area contributed by atoms with E-state index >= 15 is 0 Å². The molecule has 1 aromatic rings. The number of carbonyl (C=O) groups excluding carboxylic acids is 1. The van der Waals surface area contributed by atoms with Crippen molar-refractivity contribution in [2.75, 3.05) is 13.2 Å². The number of urea groups is 1. The lowest BCUT2D eigenvalue weighted by atomic mass is 9.92. The van der Waals surface area contributed by atoms with E-state index in [0.29, 0.717) is 6.61 Å². The third-order valence-corrected chi connectivity index (χ3v) is 4.55. The fourth-order valence-corrected chi connectivity index (χ4v) is 2.42. The molecule has 122 valence electrons. The lowest BCUT2D eigenvalue weighted by Gasteiger charge is -2.28. The number of nitrogens with one attached hydrogen (secondary N) is 2. The Hall–Kier alpha value is -1.75. The molecule has 0 spiro atoms. The summed E-state index contributed by atoms with van der Waals surface area (Å²) in [5.74, 6) is 1.11. The van der Waals surface area contributed by atoms with Crippen LogP contribution in [-0.4, -0.2) is 35.9 Å². The number of para-hydroxylation sites is 1. The minimum absolute atomic E-state index is 0.0485. The van der Waals surface area contributed by atoms with Crippen LogP contribution in [0.3, 0.4) is 0 Å². The van der Waals surface area contributed by atoms with E-state index in [1.165, 1.54) is 0 Å². The molecule has 0 radical (unpaired) electrons. The maximum Gasteiger partial charge on any atom is 0.315 e. The van der Waals surface area contributed by atoms with Crippen molar-refractivity contribution in [1.82, 2.24) is 10.6 Å². The highest BCUT2D eigenvalue weighted by Crippen LogP contribution is 2.35. The predicted octanol–water partition coefficient (Wildman–Crippen LogP) is 2.26. The van der Waals surface area contributed by atoms with Crippen LogP contribution in [0, 0.1) is 5.92 Å². The molecule has 2 amide bonds. The summed E-state index contributed by atoms with van der Waals surface area (Å²) >= 11 is 0. The van der Waals surface area contributed by atoms with E-state index in [4.69, 9.17) is 4.74 Å². The topological polar surface area (TPSA) is 70.6 Å². The molecule has 3 unspecified atom stereocenters. The summed E-state index contributed by atoms with van der Waals surface area (Å²) in [7, 11) is 0. The molecule has 0 fully saturated rings.